The molecule has 7 aromatic carbocycles. The lowest BCUT2D eigenvalue weighted by molar-refractivity contribution is 0.672. The lowest BCUT2D eigenvalue weighted by Crippen LogP contribution is -2.09. The highest BCUT2D eigenvalue weighted by molar-refractivity contribution is 6.19. The van der Waals surface area contributed by atoms with Crippen LogP contribution in [0.2, 0.25) is 0 Å². The fraction of sp³-hybridized carbons (Fsp3) is 0. The van der Waals surface area contributed by atoms with E-state index in [2.05, 4.69) is 83.8 Å². The standard InChI is InChI=1S/C43H28N4O/c1-5-15-29(16-6-1)41-44-42(30-17-7-2-8-18-30)46-43(45-41)38-28-37-35-23-13-14-24-39(35)48-40(37)36-27-33(25-26-34(36)38)47(31-19-9-3-10-20-31)32-21-11-4-12-22-32/h1-28H. The van der Waals surface area contributed by atoms with Crippen molar-refractivity contribution in [3.05, 3.63) is 170 Å². The Hall–Kier alpha value is -6.59. The van der Waals surface area contributed by atoms with Crippen LogP contribution in [0.4, 0.5) is 17.1 Å². The van der Waals surface area contributed by atoms with E-state index in [0.29, 0.717) is 17.5 Å². The Labute approximate surface area is 277 Å². The van der Waals surface area contributed by atoms with Crippen LogP contribution >= 0.6 is 0 Å². The molecule has 9 rings (SSSR count). The highest BCUT2D eigenvalue weighted by Crippen LogP contribution is 2.43. The van der Waals surface area contributed by atoms with E-state index in [0.717, 1.165) is 66.5 Å². The maximum atomic E-state index is 6.62. The van der Waals surface area contributed by atoms with Crippen LogP contribution in [0.15, 0.2) is 174 Å². The predicted molar refractivity (Wildman–Crippen MR) is 196 cm³/mol. The van der Waals surface area contributed by atoms with E-state index in [1.807, 2.05) is 91.0 Å². The Balaban J connectivity index is 1.34. The van der Waals surface area contributed by atoms with Gasteiger partial charge in [0.2, 0.25) is 0 Å². The fourth-order valence-electron chi connectivity index (χ4n) is 6.44. The zero-order chi connectivity index (χ0) is 31.9. The summed E-state index contributed by atoms with van der Waals surface area (Å²) in [6, 6.07) is 58.0. The van der Waals surface area contributed by atoms with Crippen LogP contribution in [0.25, 0.3) is 66.9 Å². The van der Waals surface area contributed by atoms with Crippen LogP contribution in [-0.4, -0.2) is 15.0 Å². The maximum absolute atomic E-state index is 6.62. The molecule has 0 atom stereocenters. The number of hydrogen-bond acceptors (Lipinski definition) is 5. The SMILES string of the molecule is c1ccc(-c2nc(-c3ccccc3)nc(-c3cc4c5ccccc5oc4c4cc(N(c5ccccc5)c5ccccc5)ccc34)n2)cc1. The van der Waals surface area contributed by atoms with Crippen LogP contribution in [-0.2, 0) is 0 Å². The summed E-state index contributed by atoms with van der Waals surface area (Å²) in [7, 11) is 0. The number of benzene rings is 7. The van der Waals surface area contributed by atoms with Crippen molar-refractivity contribution in [3.8, 4) is 34.2 Å². The van der Waals surface area contributed by atoms with Gasteiger partial charge in [0.25, 0.3) is 0 Å². The van der Waals surface area contributed by atoms with Crippen LogP contribution in [0, 0.1) is 0 Å². The third kappa shape index (κ3) is 4.86. The first-order valence-corrected chi connectivity index (χ1v) is 16.0. The van der Waals surface area contributed by atoms with Gasteiger partial charge in [0.15, 0.2) is 17.5 Å². The Morgan fingerprint density at radius 2 is 0.875 bits per heavy atom. The molecule has 0 fully saturated rings. The molecule has 2 heterocycles. The second-order valence-corrected chi connectivity index (χ2v) is 11.7. The number of hydrogen-bond donors (Lipinski definition) is 0. The molecule has 5 heteroatoms. The molecule has 0 unspecified atom stereocenters. The van der Waals surface area contributed by atoms with Gasteiger partial charge in [-0.05, 0) is 53.9 Å². The third-order valence-electron chi connectivity index (χ3n) is 8.69. The van der Waals surface area contributed by atoms with E-state index in [1.165, 1.54) is 0 Å². The Morgan fingerprint density at radius 1 is 0.375 bits per heavy atom. The normalized spacial score (nSPS) is 11.3. The molecule has 0 saturated carbocycles. The van der Waals surface area contributed by atoms with E-state index in [4.69, 9.17) is 19.4 Å². The Kier molecular flexibility index (Phi) is 6.72. The highest BCUT2D eigenvalue weighted by atomic mass is 16.3. The quantitative estimate of drug-likeness (QED) is 0.186. The van der Waals surface area contributed by atoms with Crippen LogP contribution in [0.1, 0.15) is 0 Å². The predicted octanol–water partition coefficient (Wildman–Crippen LogP) is 11.4. The number of rotatable bonds is 6. The molecular weight excluding hydrogens is 589 g/mol. The first-order chi connectivity index (χ1) is 23.8. The monoisotopic (exact) mass is 616 g/mol. The Morgan fingerprint density at radius 3 is 1.48 bits per heavy atom. The second kappa shape index (κ2) is 11.6. The van der Waals surface area contributed by atoms with Crippen molar-refractivity contribution in [3.63, 3.8) is 0 Å². The van der Waals surface area contributed by atoms with Crippen molar-refractivity contribution in [1.29, 1.82) is 0 Å². The van der Waals surface area contributed by atoms with Gasteiger partial charge in [0, 0.05) is 49.9 Å². The average Bonchev–Trinajstić information content (AvgIpc) is 3.55. The zero-order valence-electron chi connectivity index (χ0n) is 25.9. The molecule has 5 nitrogen and oxygen atoms in total. The number of aromatic nitrogens is 3. The summed E-state index contributed by atoms with van der Waals surface area (Å²) in [6.07, 6.45) is 0. The van der Waals surface area contributed by atoms with Gasteiger partial charge < -0.3 is 9.32 Å². The average molecular weight is 617 g/mol. The highest BCUT2D eigenvalue weighted by Gasteiger charge is 2.21. The van der Waals surface area contributed by atoms with Gasteiger partial charge in [-0.2, -0.15) is 0 Å². The summed E-state index contributed by atoms with van der Waals surface area (Å²) >= 11 is 0. The molecule has 0 aliphatic rings. The van der Waals surface area contributed by atoms with Crippen LogP contribution in [0.3, 0.4) is 0 Å². The smallest absolute Gasteiger partial charge is 0.164 e. The first-order valence-electron chi connectivity index (χ1n) is 16.0. The van der Waals surface area contributed by atoms with E-state index in [9.17, 15) is 0 Å². The fourth-order valence-corrected chi connectivity index (χ4v) is 6.44. The molecule has 0 saturated heterocycles. The van der Waals surface area contributed by atoms with Crippen molar-refractivity contribution in [2.24, 2.45) is 0 Å². The van der Waals surface area contributed by atoms with E-state index in [-0.39, 0.29) is 0 Å². The molecule has 0 spiro atoms. The summed E-state index contributed by atoms with van der Waals surface area (Å²) in [5.41, 5.74) is 7.60. The van der Waals surface area contributed by atoms with Crippen LogP contribution < -0.4 is 4.90 Å². The van der Waals surface area contributed by atoms with Gasteiger partial charge in [-0.25, -0.2) is 15.0 Å². The molecule has 0 aliphatic carbocycles. The number of nitrogens with zero attached hydrogens (tertiary/aromatic N) is 4. The molecule has 9 aromatic rings. The van der Waals surface area contributed by atoms with Crippen molar-refractivity contribution >= 4 is 49.8 Å². The molecule has 0 bridgehead atoms. The minimum absolute atomic E-state index is 0.607. The molecule has 0 N–H and O–H groups in total. The lowest BCUT2D eigenvalue weighted by Gasteiger charge is -2.26. The lowest BCUT2D eigenvalue weighted by atomic mass is 9.98. The summed E-state index contributed by atoms with van der Waals surface area (Å²) in [6.45, 7) is 0. The van der Waals surface area contributed by atoms with Gasteiger partial charge in [-0.3, -0.25) is 0 Å². The van der Waals surface area contributed by atoms with Gasteiger partial charge in [-0.15, -0.1) is 0 Å². The minimum atomic E-state index is 0.607. The Bertz CT molecular complexity index is 2450. The number of furan rings is 1. The topological polar surface area (TPSA) is 55.1 Å². The van der Waals surface area contributed by atoms with Gasteiger partial charge in [-0.1, -0.05) is 121 Å². The number of anilines is 3. The zero-order valence-corrected chi connectivity index (χ0v) is 25.9. The van der Waals surface area contributed by atoms with Gasteiger partial charge in [0.1, 0.15) is 11.2 Å². The second-order valence-electron chi connectivity index (χ2n) is 11.7. The van der Waals surface area contributed by atoms with Gasteiger partial charge in [0.05, 0.1) is 0 Å². The first kappa shape index (κ1) is 27.7. The van der Waals surface area contributed by atoms with Crippen molar-refractivity contribution in [2.75, 3.05) is 4.90 Å². The van der Waals surface area contributed by atoms with E-state index >= 15 is 0 Å². The summed E-state index contributed by atoms with van der Waals surface area (Å²) in [5, 5.41) is 4.04. The summed E-state index contributed by atoms with van der Waals surface area (Å²) < 4.78 is 6.62. The van der Waals surface area contributed by atoms with Crippen molar-refractivity contribution < 1.29 is 4.42 Å². The van der Waals surface area contributed by atoms with E-state index < -0.39 is 0 Å². The molecular formula is C43H28N4O. The maximum Gasteiger partial charge on any atom is 0.164 e. The van der Waals surface area contributed by atoms with Crippen LogP contribution in [0.5, 0.6) is 0 Å². The largest absolute Gasteiger partial charge is 0.455 e. The minimum Gasteiger partial charge on any atom is -0.455 e. The summed E-state index contributed by atoms with van der Waals surface area (Å²) in [4.78, 5) is 17.4. The molecule has 48 heavy (non-hydrogen) atoms. The number of fused-ring (bicyclic) bond motifs is 5. The molecule has 226 valence electrons. The summed E-state index contributed by atoms with van der Waals surface area (Å²) in [5.74, 6) is 1.86. The number of para-hydroxylation sites is 3. The van der Waals surface area contributed by atoms with E-state index in [1.54, 1.807) is 0 Å². The molecule has 0 aliphatic heterocycles. The van der Waals surface area contributed by atoms with Crippen molar-refractivity contribution in [1.82, 2.24) is 15.0 Å². The van der Waals surface area contributed by atoms with Crippen molar-refractivity contribution in [2.45, 2.75) is 0 Å². The molecule has 0 amide bonds. The van der Waals surface area contributed by atoms with Gasteiger partial charge >= 0.3 is 0 Å². The molecule has 0 radical (unpaired) electrons. The third-order valence-corrected chi connectivity index (χ3v) is 8.69. The molecule has 2 aromatic heterocycles.